The molecule has 0 aliphatic carbocycles. The van der Waals surface area contributed by atoms with Gasteiger partial charge in [-0.15, -0.1) is 0 Å². The highest BCUT2D eigenvalue weighted by molar-refractivity contribution is 5.98. The van der Waals surface area contributed by atoms with E-state index >= 15 is 0 Å². The highest BCUT2D eigenvalue weighted by Gasteiger charge is 2.28. The lowest BCUT2D eigenvalue weighted by atomic mass is 10.0. The van der Waals surface area contributed by atoms with Crippen LogP contribution >= 0.6 is 0 Å². The van der Waals surface area contributed by atoms with Crippen LogP contribution in [0.3, 0.4) is 0 Å². The highest BCUT2D eigenvalue weighted by atomic mass is 19.1. The van der Waals surface area contributed by atoms with Gasteiger partial charge in [0.1, 0.15) is 34.9 Å². The summed E-state index contributed by atoms with van der Waals surface area (Å²) in [5.41, 5.74) is -0.734. The first-order valence-electron chi connectivity index (χ1n) is 8.62. The molecule has 2 amide bonds. The lowest BCUT2D eigenvalue weighted by molar-refractivity contribution is -0.124. The van der Waals surface area contributed by atoms with Gasteiger partial charge in [-0.05, 0) is 31.0 Å². The molecule has 0 saturated heterocycles. The molecule has 2 N–H and O–H groups in total. The fourth-order valence-corrected chi connectivity index (χ4v) is 2.70. The zero-order chi connectivity index (χ0) is 21.0. The van der Waals surface area contributed by atoms with Gasteiger partial charge in [0.2, 0.25) is 5.91 Å². The van der Waals surface area contributed by atoms with Crippen LogP contribution in [0.5, 0.6) is 0 Å². The average molecular weight is 396 g/mol. The Morgan fingerprint density at radius 3 is 2.00 bits per heavy atom. The zero-order valence-electron chi connectivity index (χ0n) is 15.5. The predicted octanol–water partition coefficient (Wildman–Crippen LogP) is 3.87. The second-order valence-electron chi connectivity index (χ2n) is 6.69. The number of carbonyl (C=O) groups is 2. The van der Waals surface area contributed by atoms with E-state index < -0.39 is 58.6 Å². The Balaban J connectivity index is 2.17. The van der Waals surface area contributed by atoms with Crippen LogP contribution in [0.15, 0.2) is 36.4 Å². The molecule has 4 nitrogen and oxygen atoms in total. The molecule has 2 aromatic rings. The maximum Gasteiger partial charge on any atom is 0.257 e. The van der Waals surface area contributed by atoms with Gasteiger partial charge in [0.15, 0.2) is 0 Å². The number of rotatable bonds is 6. The van der Waals surface area contributed by atoms with Crippen LogP contribution in [0.1, 0.15) is 42.7 Å². The summed E-state index contributed by atoms with van der Waals surface area (Å²) >= 11 is 0. The third-order valence-corrected chi connectivity index (χ3v) is 4.21. The summed E-state index contributed by atoms with van der Waals surface area (Å²) in [6.07, 6.45) is 0. The molecular weight excluding hydrogens is 376 g/mol. The van der Waals surface area contributed by atoms with E-state index in [9.17, 15) is 27.2 Å². The fraction of sp³-hybridized carbons (Fsp3) is 0.300. The van der Waals surface area contributed by atoms with E-state index in [-0.39, 0.29) is 5.56 Å². The van der Waals surface area contributed by atoms with Gasteiger partial charge in [0.25, 0.3) is 5.91 Å². The standard InChI is InChI=1S/C20H20F4N2O2/c1-10(2)18(26-19(27)17-14(22)5-4-6-15(17)23)20(28)25-11(3)13-8-7-12(21)9-16(13)24/h4-11,18H,1-3H3,(H,25,28)(H,26,27)/t11?,18-/m0/s1. The summed E-state index contributed by atoms with van der Waals surface area (Å²) in [5.74, 6) is -5.86. The molecule has 0 spiro atoms. The molecule has 0 aromatic heterocycles. The fourth-order valence-electron chi connectivity index (χ4n) is 2.70. The summed E-state index contributed by atoms with van der Waals surface area (Å²) < 4.78 is 54.5. The van der Waals surface area contributed by atoms with Crippen LogP contribution in [-0.2, 0) is 4.79 Å². The Morgan fingerprint density at radius 2 is 1.46 bits per heavy atom. The van der Waals surface area contributed by atoms with Crippen molar-refractivity contribution in [1.82, 2.24) is 10.6 Å². The summed E-state index contributed by atoms with van der Waals surface area (Å²) in [6, 6.07) is 3.99. The van der Waals surface area contributed by atoms with Crippen molar-refractivity contribution in [2.24, 2.45) is 5.92 Å². The van der Waals surface area contributed by atoms with Crippen LogP contribution in [0.4, 0.5) is 17.6 Å². The molecule has 1 unspecified atom stereocenters. The molecular formula is C20H20F4N2O2. The first-order chi connectivity index (χ1) is 13.1. The summed E-state index contributed by atoms with van der Waals surface area (Å²) in [5, 5.41) is 4.83. The lowest BCUT2D eigenvalue weighted by Gasteiger charge is -2.24. The molecule has 28 heavy (non-hydrogen) atoms. The molecule has 2 rings (SSSR count). The smallest absolute Gasteiger partial charge is 0.257 e. The molecule has 2 atom stereocenters. The van der Waals surface area contributed by atoms with Crippen molar-refractivity contribution in [3.05, 3.63) is 70.8 Å². The van der Waals surface area contributed by atoms with E-state index in [2.05, 4.69) is 10.6 Å². The van der Waals surface area contributed by atoms with Gasteiger partial charge in [-0.3, -0.25) is 9.59 Å². The van der Waals surface area contributed by atoms with Crippen molar-refractivity contribution in [3.63, 3.8) is 0 Å². The van der Waals surface area contributed by atoms with E-state index in [0.717, 1.165) is 24.3 Å². The third-order valence-electron chi connectivity index (χ3n) is 4.21. The van der Waals surface area contributed by atoms with Crippen molar-refractivity contribution in [2.45, 2.75) is 32.9 Å². The number of hydrogen-bond donors (Lipinski definition) is 2. The molecule has 2 aromatic carbocycles. The van der Waals surface area contributed by atoms with Crippen LogP contribution in [-0.4, -0.2) is 17.9 Å². The molecule has 0 fully saturated rings. The van der Waals surface area contributed by atoms with Crippen LogP contribution < -0.4 is 10.6 Å². The maximum atomic E-state index is 13.9. The second-order valence-corrected chi connectivity index (χ2v) is 6.69. The summed E-state index contributed by atoms with van der Waals surface area (Å²) in [7, 11) is 0. The first-order valence-corrected chi connectivity index (χ1v) is 8.62. The van der Waals surface area contributed by atoms with E-state index in [4.69, 9.17) is 0 Å². The number of halogens is 4. The second kappa shape index (κ2) is 8.86. The number of amides is 2. The van der Waals surface area contributed by atoms with E-state index in [1.54, 1.807) is 13.8 Å². The van der Waals surface area contributed by atoms with Crippen molar-refractivity contribution in [3.8, 4) is 0 Å². The molecule has 0 aliphatic heterocycles. The average Bonchev–Trinajstić information content (AvgIpc) is 2.58. The minimum Gasteiger partial charge on any atom is -0.348 e. The number of benzene rings is 2. The number of nitrogens with one attached hydrogen (secondary N) is 2. The van der Waals surface area contributed by atoms with Crippen molar-refractivity contribution < 1.29 is 27.2 Å². The van der Waals surface area contributed by atoms with Crippen molar-refractivity contribution in [2.75, 3.05) is 0 Å². The monoisotopic (exact) mass is 396 g/mol. The Labute approximate surface area is 159 Å². The predicted molar refractivity (Wildman–Crippen MR) is 95.4 cm³/mol. The topological polar surface area (TPSA) is 58.2 Å². The Kier molecular flexibility index (Phi) is 6.77. The Hall–Kier alpha value is -2.90. The van der Waals surface area contributed by atoms with E-state index in [0.29, 0.717) is 6.07 Å². The molecule has 0 bridgehead atoms. The molecule has 0 heterocycles. The van der Waals surface area contributed by atoms with E-state index in [1.165, 1.54) is 13.0 Å². The highest BCUT2D eigenvalue weighted by Crippen LogP contribution is 2.19. The van der Waals surface area contributed by atoms with Crippen molar-refractivity contribution in [1.29, 1.82) is 0 Å². The maximum absolute atomic E-state index is 13.9. The molecule has 0 saturated carbocycles. The SMILES string of the molecule is CC(NC(=O)[C@@H](NC(=O)c1c(F)cccc1F)C(C)C)c1ccc(F)cc1F. The van der Waals surface area contributed by atoms with Gasteiger partial charge in [0.05, 0.1) is 6.04 Å². The van der Waals surface area contributed by atoms with Crippen LogP contribution in [0.2, 0.25) is 0 Å². The van der Waals surface area contributed by atoms with Gasteiger partial charge in [-0.25, -0.2) is 17.6 Å². The number of carbonyl (C=O) groups excluding carboxylic acids is 2. The molecule has 0 radical (unpaired) electrons. The summed E-state index contributed by atoms with van der Waals surface area (Å²) in [6.45, 7) is 4.75. The molecule has 0 aliphatic rings. The molecule has 150 valence electrons. The van der Waals surface area contributed by atoms with Gasteiger partial charge in [0, 0.05) is 11.6 Å². The third kappa shape index (κ3) is 4.88. The number of hydrogen-bond acceptors (Lipinski definition) is 2. The minimum absolute atomic E-state index is 0.0590. The Morgan fingerprint density at radius 1 is 0.857 bits per heavy atom. The quantitative estimate of drug-likeness (QED) is 0.729. The van der Waals surface area contributed by atoms with Crippen molar-refractivity contribution >= 4 is 11.8 Å². The van der Waals surface area contributed by atoms with Gasteiger partial charge >= 0.3 is 0 Å². The van der Waals surface area contributed by atoms with E-state index in [1.807, 2.05) is 0 Å². The minimum atomic E-state index is -1.13. The first kappa shape index (κ1) is 21.4. The molecule has 8 heteroatoms. The Bertz CT molecular complexity index is 866. The van der Waals surface area contributed by atoms with Crippen LogP contribution in [0, 0.1) is 29.2 Å². The van der Waals surface area contributed by atoms with Gasteiger partial charge in [-0.2, -0.15) is 0 Å². The largest absolute Gasteiger partial charge is 0.348 e. The summed E-state index contributed by atoms with van der Waals surface area (Å²) in [4.78, 5) is 24.9. The lowest BCUT2D eigenvalue weighted by Crippen LogP contribution is -2.50. The van der Waals surface area contributed by atoms with Gasteiger partial charge < -0.3 is 10.6 Å². The van der Waals surface area contributed by atoms with Crippen LogP contribution in [0.25, 0.3) is 0 Å². The van der Waals surface area contributed by atoms with Gasteiger partial charge in [-0.1, -0.05) is 26.0 Å². The normalized spacial score (nSPS) is 13.1. The zero-order valence-corrected chi connectivity index (χ0v) is 15.5.